The van der Waals surface area contributed by atoms with Crippen LogP contribution in [-0.4, -0.2) is 10.0 Å². The third-order valence-corrected chi connectivity index (χ3v) is 3.20. The van der Waals surface area contributed by atoms with Crippen LogP contribution >= 0.6 is 0 Å². The summed E-state index contributed by atoms with van der Waals surface area (Å²) in [6.45, 7) is 1.76. The van der Waals surface area contributed by atoms with Crippen LogP contribution in [0.15, 0.2) is 42.5 Å². The second-order valence-electron chi connectivity index (χ2n) is 4.61. The van der Waals surface area contributed by atoms with E-state index in [0.29, 0.717) is 11.1 Å². The molecule has 1 unspecified atom stereocenters. The summed E-state index contributed by atoms with van der Waals surface area (Å²) in [6.07, 6.45) is -0.909. The van der Waals surface area contributed by atoms with Crippen molar-refractivity contribution in [2.24, 2.45) is 0 Å². The van der Waals surface area contributed by atoms with Gasteiger partial charge in [0, 0.05) is 18.1 Å². The fourth-order valence-electron chi connectivity index (χ4n) is 2.15. The normalized spacial score (nSPS) is 12.2. The first-order valence-corrected chi connectivity index (χ1v) is 6.15. The largest absolute Gasteiger partial charge is 0.388 e. The number of nitrogens with zero attached hydrogens (tertiary/aromatic N) is 1. The fraction of sp³-hybridized carbons (Fsp3) is 0.200. The second kappa shape index (κ2) is 5.79. The van der Waals surface area contributed by atoms with E-state index in [1.54, 1.807) is 31.2 Å². The van der Waals surface area contributed by atoms with Crippen LogP contribution in [0.3, 0.4) is 0 Å². The van der Waals surface area contributed by atoms with Crippen molar-refractivity contribution < 1.29 is 14.4 Å². The Kier molecular flexibility index (Phi) is 4.10. The maximum atomic E-state index is 13.2. The Bertz CT molecular complexity index is 643. The SMILES string of the molecule is Cc1ccc(F)cc1C(O)Cc1ccccc1[N+](=O)[O-]. The summed E-state index contributed by atoms with van der Waals surface area (Å²) in [5.74, 6) is -0.438. The highest BCUT2D eigenvalue weighted by Gasteiger charge is 2.18. The average molecular weight is 275 g/mol. The summed E-state index contributed by atoms with van der Waals surface area (Å²) in [5.41, 5.74) is 1.58. The molecule has 1 N–H and O–H groups in total. The van der Waals surface area contributed by atoms with Gasteiger partial charge in [-0.1, -0.05) is 24.3 Å². The van der Waals surface area contributed by atoms with E-state index in [0.717, 1.165) is 5.56 Å². The maximum Gasteiger partial charge on any atom is 0.272 e. The number of aliphatic hydroxyl groups is 1. The van der Waals surface area contributed by atoms with Crippen LogP contribution in [-0.2, 0) is 6.42 Å². The molecule has 20 heavy (non-hydrogen) atoms. The first-order chi connectivity index (χ1) is 9.49. The molecular weight excluding hydrogens is 261 g/mol. The molecule has 0 radical (unpaired) electrons. The molecule has 5 heteroatoms. The van der Waals surface area contributed by atoms with E-state index >= 15 is 0 Å². The van der Waals surface area contributed by atoms with E-state index in [1.165, 1.54) is 18.2 Å². The second-order valence-corrected chi connectivity index (χ2v) is 4.61. The van der Waals surface area contributed by atoms with Crippen LogP contribution in [0.1, 0.15) is 22.8 Å². The van der Waals surface area contributed by atoms with E-state index in [-0.39, 0.29) is 12.1 Å². The van der Waals surface area contributed by atoms with Gasteiger partial charge in [-0.3, -0.25) is 10.1 Å². The highest BCUT2D eigenvalue weighted by molar-refractivity contribution is 5.41. The van der Waals surface area contributed by atoms with Gasteiger partial charge < -0.3 is 5.11 Å². The molecule has 2 rings (SSSR count). The molecule has 104 valence electrons. The molecule has 0 aliphatic heterocycles. The molecule has 0 amide bonds. The average Bonchev–Trinajstić information content (AvgIpc) is 2.41. The van der Waals surface area contributed by atoms with Crippen LogP contribution in [0.4, 0.5) is 10.1 Å². The van der Waals surface area contributed by atoms with Gasteiger partial charge in [0.2, 0.25) is 0 Å². The van der Waals surface area contributed by atoms with Gasteiger partial charge in [-0.2, -0.15) is 0 Å². The minimum Gasteiger partial charge on any atom is -0.388 e. The summed E-state index contributed by atoms with van der Waals surface area (Å²) in [6, 6.07) is 10.4. The van der Waals surface area contributed by atoms with Crippen LogP contribution in [0, 0.1) is 22.9 Å². The van der Waals surface area contributed by atoms with Crippen molar-refractivity contribution in [2.45, 2.75) is 19.4 Å². The Labute approximate surface area is 115 Å². The third-order valence-electron chi connectivity index (χ3n) is 3.20. The van der Waals surface area contributed by atoms with E-state index in [9.17, 15) is 19.6 Å². The monoisotopic (exact) mass is 275 g/mol. The molecule has 0 spiro atoms. The highest BCUT2D eigenvalue weighted by Crippen LogP contribution is 2.26. The number of aliphatic hydroxyl groups excluding tert-OH is 1. The smallest absolute Gasteiger partial charge is 0.272 e. The molecule has 4 nitrogen and oxygen atoms in total. The molecule has 0 aliphatic rings. The van der Waals surface area contributed by atoms with Crippen molar-refractivity contribution in [1.82, 2.24) is 0 Å². The van der Waals surface area contributed by atoms with E-state index in [4.69, 9.17) is 0 Å². The van der Waals surface area contributed by atoms with Crippen LogP contribution in [0.25, 0.3) is 0 Å². The summed E-state index contributed by atoms with van der Waals surface area (Å²) >= 11 is 0. The zero-order valence-corrected chi connectivity index (χ0v) is 10.9. The van der Waals surface area contributed by atoms with E-state index < -0.39 is 16.8 Å². The number of hydrogen-bond acceptors (Lipinski definition) is 3. The van der Waals surface area contributed by atoms with Gasteiger partial charge in [0.15, 0.2) is 0 Å². The lowest BCUT2D eigenvalue weighted by atomic mass is 9.97. The molecule has 1 atom stereocenters. The lowest BCUT2D eigenvalue weighted by Crippen LogP contribution is -2.06. The number of para-hydroxylation sites is 1. The number of nitro groups is 1. The van der Waals surface area contributed by atoms with Crippen LogP contribution < -0.4 is 0 Å². The number of benzene rings is 2. The molecule has 0 heterocycles. The van der Waals surface area contributed by atoms with E-state index in [2.05, 4.69) is 0 Å². The zero-order chi connectivity index (χ0) is 14.7. The Morgan fingerprint density at radius 1 is 1.30 bits per heavy atom. The minimum absolute atomic E-state index is 0.0411. The van der Waals surface area contributed by atoms with E-state index in [1.807, 2.05) is 0 Å². The number of halogens is 1. The Morgan fingerprint density at radius 2 is 2.00 bits per heavy atom. The molecule has 0 aromatic heterocycles. The maximum absolute atomic E-state index is 13.2. The molecule has 0 saturated carbocycles. The van der Waals surface area contributed by atoms with Gasteiger partial charge >= 0.3 is 0 Å². The van der Waals surface area contributed by atoms with Gasteiger partial charge in [0.1, 0.15) is 5.82 Å². The summed E-state index contributed by atoms with van der Waals surface area (Å²) in [4.78, 5) is 10.4. The van der Waals surface area contributed by atoms with Crippen LogP contribution in [0.5, 0.6) is 0 Å². The summed E-state index contributed by atoms with van der Waals surface area (Å²) in [7, 11) is 0. The van der Waals surface area contributed by atoms with Crippen molar-refractivity contribution in [1.29, 1.82) is 0 Å². The lowest BCUT2D eigenvalue weighted by Gasteiger charge is -2.14. The molecule has 0 bridgehead atoms. The Morgan fingerprint density at radius 3 is 2.70 bits per heavy atom. The molecule has 2 aromatic carbocycles. The molecular formula is C15H14FNO3. The predicted octanol–water partition coefficient (Wildman–Crippen LogP) is 3.32. The van der Waals surface area contributed by atoms with Crippen molar-refractivity contribution in [3.8, 4) is 0 Å². The molecule has 0 fully saturated rings. The van der Waals surface area contributed by atoms with Crippen molar-refractivity contribution in [3.05, 3.63) is 75.1 Å². The number of nitro benzene ring substituents is 1. The zero-order valence-electron chi connectivity index (χ0n) is 10.9. The standard InChI is InChI=1S/C15H14FNO3/c1-10-6-7-12(16)9-13(10)15(18)8-11-4-2-3-5-14(11)17(19)20/h2-7,9,15,18H,8H2,1H3. The fourth-order valence-corrected chi connectivity index (χ4v) is 2.15. The third kappa shape index (κ3) is 3.00. The first kappa shape index (κ1) is 14.1. The van der Waals surface area contributed by atoms with Crippen LogP contribution in [0.2, 0.25) is 0 Å². The minimum atomic E-state index is -0.980. The van der Waals surface area contributed by atoms with Crippen molar-refractivity contribution >= 4 is 5.69 Å². The van der Waals surface area contributed by atoms with Gasteiger partial charge in [-0.05, 0) is 30.2 Å². The predicted molar refractivity (Wildman–Crippen MR) is 72.9 cm³/mol. The first-order valence-electron chi connectivity index (χ1n) is 6.15. The van der Waals surface area contributed by atoms with Crippen molar-refractivity contribution in [3.63, 3.8) is 0 Å². The Hall–Kier alpha value is -2.27. The summed E-state index contributed by atoms with van der Waals surface area (Å²) in [5, 5.41) is 21.1. The molecule has 0 aliphatic carbocycles. The van der Waals surface area contributed by atoms with Gasteiger partial charge in [-0.15, -0.1) is 0 Å². The number of hydrogen-bond donors (Lipinski definition) is 1. The Balaban J connectivity index is 2.30. The lowest BCUT2D eigenvalue weighted by molar-refractivity contribution is -0.385. The molecule has 2 aromatic rings. The van der Waals surface area contributed by atoms with Gasteiger partial charge in [0.05, 0.1) is 11.0 Å². The van der Waals surface area contributed by atoms with Crippen molar-refractivity contribution in [2.75, 3.05) is 0 Å². The topological polar surface area (TPSA) is 63.4 Å². The van der Waals surface area contributed by atoms with Gasteiger partial charge in [0.25, 0.3) is 5.69 Å². The quantitative estimate of drug-likeness (QED) is 0.687. The number of rotatable bonds is 4. The van der Waals surface area contributed by atoms with Gasteiger partial charge in [-0.25, -0.2) is 4.39 Å². The summed E-state index contributed by atoms with van der Waals surface area (Å²) < 4.78 is 13.2. The highest BCUT2D eigenvalue weighted by atomic mass is 19.1. The number of aryl methyl sites for hydroxylation is 1. The molecule has 0 saturated heterocycles.